The van der Waals surface area contributed by atoms with Gasteiger partial charge < -0.3 is 14.3 Å². The van der Waals surface area contributed by atoms with E-state index in [-0.39, 0.29) is 0 Å². The number of rotatable bonds is 7. The fraction of sp³-hybridized carbons (Fsp3) is 0.611. The van der Waals surface area contributed by atoms with E-state index in [1.54, 1.807) is 6.26 Å². The SMILES string of the molecule is Cc1nn(C)c(C)c1[C@H]1CCCN1C[C@H](O)COCc1ccco1. The Morgan fingerprint density at radius 3 is 2.96 bits per heavy atom. The van der Waals surface area contributed by atoms with Crippen molar-refractivity contribution in [2.75, 3.05) is 19.7 Å². The van der Waals surface area contributed by atoms with Gasteiger partial charge in [-0.2, -0.15) is 5.10 Å². The third-order valence-corrected chi connectivity index (χ3v) is 4.84. The van der Waals surface area contributed by atoms with Crippen molar-refractivity contribution in [2.24, 2.45) is 7.05 Å². The van der Waals surface area contributed by atoms with Crippen molar-refractivity contribution in [3.63, 3.8) is 0 Å². The molecule has 1 N–H and O–H groups in total. The van der Waals surface area contributed by atoms with E-state index in [0.717, 1.165) is 30.8 Å². The lowest BCUT2D eigenvalue weighted by atomic mass is 10.0. The lowest BCUT2D eigenvalue weighted by Gasteiger charge is -2.27. The molecule has 0 radical (unpaired) electrons. The first-order valence-electron chi connectivity index (χ1n) is 8.58. The molecule has 1 fully saturated rings. The monoisotopic (exact) mass is 333 g/mol. The summed E-state index contributed by atoms with van der Waals surface area (Å²) in [5.74, 6) is 0.780. The van der Waals surface area contributed by atoms with Gasteiger partial charge in [-0.3, -0.25) is 9.58 Å². The third-order valence-electron chi connectivity index (χ3n) is 4.84. The Morgan fingerprint density at radius 1 is 1.46 bits per heavy atom. The Balaban J connectivity index is 1.55. The predicted octanol–water partition coefficient (Wildman–Crippen LogP) is 2.34. The Morgan fingerprint density at radius 2 is 2.29 bits per heavy atom. The van der Waals surface area contributed by atoms with Gasteiger partial charge >= 0.3 is 0 Å². The molecule has 1 aliphatic heterocycles. The van der Waals surface area contributed by atoms with Gasteiger partial charge in [0.25, 0.3) is 0 Å². The maximum Gasteiger partial charge on any atom is 0.129 e. The molecule has 3 heterocycles. The average molecular weight is 333 g/mol. The Labute approximate surface area is 143 Å². The topological polar surface area (TPSA) is 63.7 Å². The molecule has 2 aromatic heterocycles. The summed E-state index contributed by atoms with van der Waals surface area (Å²) in [6, 6.07) is 4.05. The van der Waals surface area contributed by atoms with Gasteiger partial charge in [0, 0.05) is 30.9 Å². The Hall–Kier alpha value is -1.63. The van der Waals surface area contributed by atoms with Crippen molar-refractivity contribution in [2.45, 2.75) is 45.4 Å². The fourth-order valence-electron chi connectivity index (χ4n) is 3.66. The van der Waals surface area contributed by atoms with Crippen LogP contribution in [0.4, 0.5) is 0 Å². The third kappa shape index (κ3) is 3.71. The predicted molar refractivity (Wildman–Crippen MR) is 90.6 cm³/mol. The van der Waals surface area contributed by atoms with Gasteiger partial charge in [0.05, 0.1) is 24.7 Å². The van der Waals surface area contributed by atoms with Crippen LogP contribution in [0.25, 0.3) is 0 Å². The maximum absolute atomic E-state index is 10.3. The van der Waals surface area contributed by atoms with Gasteiger partial charge in [-0.15, -0.1) is 0 Å². The van der Waals surface area contributed by atoms with E-state index >= 15 is 0 Å². The molecule has 0 aromatic carbocycles. The molecule has 0 spiro atoms. The van der Waals surface area contributed by atoms with E-state index in [4.69, 9.17) is 9.15 Å². The summed E-state index contributed by atoms with van der Waals surface area (Å²) < 4.78 is 12.7. The normalized spacial score (nSPS) is 19.9. The molecule has 2 aromatic rings. The minimum atomic E-state index is -0.502. The van der Waals surface area contributed by atoms with Gasteiger partial charge in [0.15, 0.2) is 0 Å². The molecule has 0 unspecified atom stereocenters. The van der Waals surface area contributed by atoms with Crippen LogP contribution < -0.4 is 0 Å². The molecule has 0 amide bonds. The van der Waals surface area contributed by atoms with Gasteiger partial charge in [-0.25, -0.2) is 0 Å². The average Bonchev–Trinajstić information content (AvgIpc) is 3.24. The molecule has 0 bridgehead atoms. The Bertz CT molecular complexity index is 651. The fourth-order valence-corrected chi connectivity index (χ4v) is 3.66. The number of aliphatic hydroxyl groups excluding tert-OH is 1. The highest BCUT2D eigenvalue weighted by Gasteiger charge is 2.31. The first kappa shape index (κ1) is 17.2. The lowest BCUT2D eigenvalue weighted by molar-refractivity contribution is 0.00301. The summed E-state index contributed by atoms with van der Waals surface area (Å²) >= 11 is 0. The number of aliphatic hydroxyl groups is 1. The number of aryl methyl sites for hydroxylation is 2. The van der Waals surface area contributed by atoms with Crippen LogP contribution in [-0.4, -0.2) is 45.6 Å². The van der Waals surface area contributed by atoms with Crippen molar-refractivity contribution in [1.29, 1.82) is 0 Å². The van der Waals surface area contributed by atoms with Crippen LogP contribution in [0.3, 0.4) is 0 Å². The molecule has 6 heteroatoms. The number of likely N-dealkylation sites (tertiary alicyclic amines) is 1. The number of furan rings is 1. The molecule has 24 heavy (non-hydrogen) atoms. The van der Waals surface area contributed by atoms with E-state index in [1.165, 1.54) is 11.3 Å². The van der Waals surface area contributed by atoms with Crippen molar-refractivity contribution in [1.82, 2.24) is 14.7 Å². The van der Waals surface area contributed by atoms with E-state index in [0.29, 0.717) is 25.8 Å². The van der Waals surface area contributed by atoms with Crippen LogP contribution in [-0.2, 0) is 18.4 Å². The highest BCUT2D eigenvalue weighted by molar-refractivity contribution is 5.29. The van der Waals surface area contributed by atoms with Crippen LogP contribution in [0.15, 0.2) is 22.8 Å². The minimum Gasteiger partial charge on any atom is -0.467 e. The summed E-state index contributed by atoms with van der Waals surface area (Å²) in [6.45, 7) is 6.53. The van der Waals surface area contributed by atoms with Crippen LogP contribution in [0.2, 0.25) is 0 Å². The quantitative estimate of drug-likeness (QED) is 0.843. The molecule has 2 atom stereocenters. The molecule has 1 saturated heterocycles. The molecule has 1 aliphatic rings. The molecule has 132 valence electrons. The zero-order chi connectivity index (χ0) is 17.1. The van der Waals surface area contributed by atoms with Gasteiger partial charge in [0.2, 0.25) is 0 Å². The van der Waals surface area contributed by atoms with Crippen LogP contribution in [0, 0.1) is 13.8 Å². The van der Waals surface area contributed by atoms with E-state index in [9.17, 15) is 5.11 Å². The number of aromatic nitrogens is 2. The Kier molecular flexibility index (Phi) is 5.38. The number of hydrogen-bond acceptors (Lipinski definition) is 5. The van der Waals surface area contributed by atoms with E-state index in [2.05, 4.69) is 23.8 Å². The highest BCUT2D eigenvalue weighted by Crippen LogP contribution is 2.35. The van der Waals surface area contributed by atoms with Crippen LogP contribution >= 0.6 is 0 Å². The van der Waals surface area contributed by atoms with Crippen LogP contribution in [0.5, 0.6) is 0 Å². The standard InChI is InChI=1S/C18H27N3O3/c1-13-18(14(2)20(3)19-13)17-7-4-8-21(17)10-15(22)11-23-12-16-6-5-9-24-16/h5-6,9,15,17,22H,4,7-8,10-12H2,1-3H3/t15-,17+/m0/s1. The van der Waals surface area contributed by atoms with Crippen LogP contribution in [0.1, 0.15) is 41.6 Å². The summed E-state index contributed by atoms with van der Waals surface area (Å²) in [5.41, 5.74) is 3.63. The number of nitrogens with zero attached hydrogens (tertiary/aromatic N) is 3. The minimum absolute atomic E-state index is 0.314. The molecule has 3 rings (SSSR count). The first-order chi connectivity index (χ1) is 11.6. The lowest BCUT2D eigenvalue weighted by Crippen LogP contribution is -2.35. The van der Waals surface area contributed by atoms with Gasteiger partial charge in [0.1, 0.15) is 12.4 Å². The first-order valence-corrected chi connectivity index (χ1v) is 8.58. The zero-order valence-corrected chi connectivity index (χ0v) is 14.7. The maximum atomic E-state index is 10.3. The number of ether oxygens (including phenoxy) is 1. The summed E-state index contributed by atoms with van der Waals surface area (Å²) in [6.07, 6.45) is 3.40. The molecule has 0 saturated carbocycles. The van der Waals surface area contributed by atoms with Gasteiger partial charge in [-0.1, -0.05) is 0 Å². The molecule has 0 aliphatic carbocycles. The molecule has 6 nitrogen and oxygen atoms in total. The van der Waals surface area contributed by atoms with Crippen molar-refractivity contribution in [3.05, 3.63) is 41.1 Å². The second-order valence-electron chi connectivity index (χ2n) is 6.61. The summed E-state index contributed by atoms with van der Waals surface area (Å²) in [5, 5.41) is 14.9. The smallest absolute Gasteiger partial charge is 0.129 e. The number of β-amino-alcohol motifs (C(OH)–C–C–N with tert-alkyl or cyclic N) is 1. The molecular formula is C18H27N3O3. The summed E-state index contributed by atoms with van der Waals surface area (Å²) in [7, 11) is 1.99. The highest BCUT2D eigenvalue weighted by atomic mass is 16.5. The second-order valence-corrected chi connectivity index (χ2v) is 6.61. The van der Waals surface area contributed by atoms with E-state index < -0.39 is 6.10 Å². The molecular weight excluding hydrogens is 306 g/mol. The van der Waals surface area contributed by atoms with Crippen molar-refractivity contribution < 1.29 is 14.3 Å². The van der Waals surface area contributed by atoms with E-state index in [1.807, 2.05) is 23.9 Å². The summed E-state index contributed by atoms with van der Waals surface area (Å²) in [4.78, 5) is 2.36. The van der Waals surface area contributed by atoms with Crippen molar-refractivity contribution >= 4 is 0 Å². The number of hydrogen-bond donors (Lipinski definition) is 1. The largest absolute Gasteiger partial charge is 0.467 e. The zero-order valence-electron chi connectivity index (χ0n) is 14.7. The van der Waals surface area contributed by atoms with Gasteiger partial charge in [-0.05, 0) is 45.4 Å². The van der Waals surface area contributed by atoms with Crippen molar-refractivity contribution in [3.8, 4) is 0 Å². The second kappa shape index (κ2) is 7.51.